The molecular formula is C12H13F4N3. The molecule has 0 saturated heterocycles. The Morgan fingerprint density at radius 3 is 2.53 bits per heavy atom. The van der Waals surface area contributed by atoms with Crippen LogP contribution >= 0.6 is 0 Å². The van der Waals surface area contributed by atoms with Gasteiger partial charge in [-0.15, -0.1) is 10.2 Å². The van der Waals surface area contributed by atoms with E-state index in [0.717, 1.165) is 5.56 Å². The lowest BCUT2D eigenvalue weighted by molar-refractivity contribution is -0.164. The summed E-state index contributed by atoms with van der Waals surface area (Å²) in [7, 11) is 0. The first-order chi connectivity index (χ1) is 8.84. The van der Waals surface area contributed by atoms with Gasteiger partial charge in [-0.25, -0.2) is 4.39 Å². The van der Waals surface area contributed by atoms with E-state index in [4.69, 9.17) is 0 Å². The van der Waals surface area contributed by atoms with Crippen molar-refractivity contribution in [2.24, 2.45) is 10.2 Å². The summed E-state index contributed by atoms with van der Waals surface area (Å²) in [6.07, 6.45) is -4.70. The van der Waals surface area contributed by atoms with E-state index in [1.165, 1.54) is 6.07 Å². The van der Waals surface area contributed by atoms with E-state index in [1.54, 1.807) is 12.1 Å². The van der Waals surface area contributed by atoms with Crippen molar-refractivity contribution in [3.63, 3.8) is 0 Å². The molecule has 1 heterocycles. The SMILES string of the molecule is Cc1ccc(F)c(CNCCC2(C(F)(F)F)N=N2)c1. The van der Waals surface area contributed by atoms with Crippen molar-refractivity contribution in [1.82, 2.24) is 5.32 Å². The number of rotatable bonds is 5. The van der Waals surface area contributed by atoms with E-state index in [1.807, 2.05) is 6.92 Å². The molecule has 1 aliphatic rings. The van der Waals surface area contributed by atoms with Gasteiger partial charge in [0.25, 0.3) is 5.66 Å². The Morgan fingerprint density at radius 2 is 1.95 bits per heavy atom. The van der Waals surface area contributed by atoms with Crippen molar-refractivity contribution < 1.29 is 17.6 Å². The van der Waals surface area contributed by atoms with Crippen LogP contribution in [0.2, 0.25) is 0 Å². The third-order valence-corrected chi connectivity index (χ3v) is 2.96. The molecule has 3 nitrogen and oxygen atoms in total. The van der Waals surface area contributed by atoms with Gasteiger partial charge in [-0.05, 0) is 13.0 Å². The summed E-state index contributed by atoms with van der Waals surface area (Å²) in [6, 6.07) is 4.64. The molecule has 0 aliphatic carbocycles. The summed E-state index contributed by atoms with van der Waals surface area (Å²) < 4.78 is 50.8. The summed E-state index contributed by atoms with van der Waals surface area (Å²) in [4.78, 5) is 0. The van der Waals surface area contributed by atoms with Crippen molar-refractivity contribution in [3.8, 4) is 0 Å². The van der Waals surface area contributed by atoms with E-state index in [-0.39, 0.29) is 25.3 Å². The van der Waals surface area contributed by atoms with Gasteiger partial charge < -0.3 is 5.32 Å². The van der Waals surface area contributed by atoms with Crippen LogP contribution < -0.4 is 5.32 Å². The van der Waals surface area contributed by atoms with Crippen molar-refractivity contribution in [3.05, 3.63) is 35.1 Å². The lowest BCUT2D eigenvalue weighted by Crippen LogP contribution is -2.35. The molecule has 0 radical (unpaired) electrons. The fraction of sp³-hybridized carbons (Fsp3) is 0.500. The summed E-state index contributed by atoms with van der Waals surface area (Å²) in [6.45, 7) is 2.07. The normalized spacial score (nSPS) is 16.7. The molecule has 1 aromatic rings. The predicted molar refractivity (Wildman–Crippen MR) is 61.1 cm³/mol. The Labute approximate surface area is 107 Å². The van der Waals surface area contributed by atoms with E-state index < -0.39 is 11.8 Å². The van der Waals surface area contributed by atoms with Crippen molar-refractivity contribution >= 4 is 0 Å². The molecule has 1 N–H and O–H groups in total. The molecule has 0 unspecified atom stereocenters. The smallest absolute Gasteiger partial charge is 0.312 e. The number of benzene rings is 1. The third-order valence-electron chi connectivity index (χ3n) is 2.96. The van der Waals surface area contributed by atoms with E-state index in [0.29, 0.717) is 5.56 Å². The molecule has 0 fully saturated rings. The van der Waals surface area contributed by atoms with Gasteiger partial charge in [0.1, 0.15) is 5.82 Å². The number of alkyl halides is 3. The van der Waals surface area contributed by atoms with Gasteiger partial charge in [0.05, 0.1) is 0 Å². The largest absolute Gasteiger partial charge is 0.437 e. The fourth-order valence-electron chi connectivity index (χ4n) is 1.74. The summed E-state index contributed by atoms with van der Waals surface area (Å²) in [5, 5.41) is 8.91. The Balaban J connectivity index is 1.80. The van der Waals surface area contributed by atoms with E-state index in [2.05, 4.69) is 15.5 Å². The minimum Gasteiger partial charge on any atom is -0.312 e. The molecular weight excluding hydrogens is 262 g/mol. The van der Waals surface area contributed by atoms with Gasteiger partial charge >= 0.3 is 6.18 Å². The summed E-state index contributed by atoms with van der Waals surface area (Å²) >= 11 is 0. The average Bonchev–Trinajstić information content (AvgIpc) is 3.09. The molecule has 0 atom stereocenters. The number of hydrogen-bond acceptors (Lipinski definition) is 3. The van der Waals surface area contributed by atoms with Crippen LogP contribution in [-0.4, -0.2) is 18.4 Å². The highest BCUT2D eigenvalue weighted by Gasteiger charge is 2.63. The van der Waals surface area contributed by atoms with Crippen LogP contribution in [0.4, 0.5) is 17.6 Å². The fourth-order valence-corrected chi connectivity index (χ4v) is 1.74. The van der Waals surface area contributed by atoms with Crippen molar-refractivity contribution in [2.75, 3.05) is 6.54 Å². The number of nitrogens with one attached hydrogen (secondary N) is 1. The first-order valence-electron chi connectivity index (χ1n) is 5.81. The standard InChI is InChI=1S/C12H13F4N3/c1-8-2-3-10(13)9(6-8)7-17-5-4-11(18-19-11)12(14,15)16/h2-3,6,17H,4-5,7H2,1H3. The average molecular weight is 275 g/mol. The van der Waals surface area contributed by atoms with Crippen molar-refractivity contribution in [1.29, 1.82) is 0 Å². The summed E-state index contributed by atoms with van der Waals surface area (Å²) in [5.41, 5.74) is -0.895. The van der Waals surface area contributed by atoms with Crippen LogP contribution in [0.3, 0.4) is 0 Å². The first-order valence-corrected chi connectivity index (χ1v) is 5.81. The number of halogens is 4. The molecule has 7 heteroatoms. The zero-order valence-electron chi connectivity index (χ0n) is 10.3. The van der Waals surface area contributed by atoms with Crippen LogP contribution in [0.15, 0.2) is 28.4 Å². The highest BCUT2D eigenvalue weighted by Crippen LogP contribution is 2.46. The predicted octanol–water partition coefficient (Wildman–Crippen LogP) is 3.34. The molecule has 1 aromatic carbocycles. The van der Waals surface area contributed by atoms with Gasteiger partial charge in [0.15, 0.2) is 0 Å². The van der Waals surface area contributed by atoms with Gasteiger partial charge in [-0.1, -0.05) is 17.7 Å². The van der Waals surface area contributed by atoms with Crippen molar-refractivity contribution in [2.45, 2.75) is 31.7 Å². The lowest BCUT2D eigenvalue weighted by Gasteiger charge is -2.14. The molecule has 1 aliphatic heterocycles. The van der Waals surface area contributed by atoms with Crippen LogP contribution in [0, 0.1) is 12.7 Å². The Kier molecular flexibility index (Phi) is 3.58. The third kappa shape index (κ3) is 3.09. The minimum absolute atomic E-state index is 0.0693. The van der Waals surface area contributed by atoms with Crippen LogP contribution in [0.1, 0.15) is 17.5 Å². The summed E-state index contributed by atoms with van der Waals surface area (Å²) in [5.74, 6) is -0.371. The Bertz CT molecular complexity index is 490. The quantitative estimate of drug-likeness (QED) is 0.649. The van der Waals surface area contributed by atoms with Crippen LogP contribution in [-0.2, 0) is 6.54 Å². The first kappa shape index (κ1) is 13.9. The molecule has 19 heavy (non-hydrogen) atoms. The van der Waals surface area contributed by atoms with Crippen LogP contribution in [0.5, 0.6) is 0 Å². The maximum atomic E-state index is 13.4. The molecule has 104 valence electrons. The Morgan fingerprint density at radius 1 is 1.26 bits per heavy atom. The molecule has 0 bridgehead atoms. The zero-order valence-corrected chi connectivity index (χ0v) is 10.3. The van der Waals surface area contributed by atoms with Gasteiger partial charge in [0.2, 0.25) is 0 Å². The van der Waals surface area contributed by atoms with E-state index >= 15 is 0 Å². The maximum Gasteiger partial charge on any atom is 0.437 e. The molecule has 0 saturated carbocycles. The molecule has 0 aromatic heterocycles. The highest BCUT2D eigenvalue weighted by atomic mass is 19.4. The number of nitrogens with zero attached hydrogens (tertiary/aromatic N) is 2. The van der Waals surface area contributed by atoms with Gasteiger partial charge in [-0.3, -0.25) is 0 Å². The topological polar surface area (TPSA) is 36.8 Å². The second kappa shape index (κ2) is 4.88. The van der Waals surface area contributed by atoms with E-state index in [9.17, 15) is 17.6 Å². The second-order valence-electron chi connectivity index (χ2n) is 4.54. The minimum atomic E-state index is -4.44. The number of hydrogen-bond donors (Lipinski definition) is 1. The second-order valence-corrected chi connectivity index (χ2v) is 4.54. The zero-order chi connectivity index (χ0) is 14.1. The maximum absolute atomic E-state index is 13.4. The monoisotopic (exact) mass is 275 g/mol. The Hall–Kier alpha value is -1.50. The van der Waals surface area contributed by atoms with Gasteiger partial charge in [-0.2, -0.15) is 13.2 Å². The lowest BCUT2D eigenvalue weighted by atomic mass is 10.1. The molecule has 0 amide bonds. The molecule has 0 spiro atoms. The number of aryl methyl sites for hydroxylation is 1. The highest BCUT2D eigenvalue weighted by molar-refractivity contribution is 5.23. The molecule has 2 rings (SSSR count). The van der Waals surface area contributed by atoms with Crippen LogP contribution in [0.25, 0.3) is 0 Å². The van der Waals surface area contributed by atoms with Gasteiger partial charge in [0, 0.05) is 25.1 Å².